The van der Waals surface area contributed by atoms with E-state index in [2.05, 4.69) is 17.1 Å². The molecule has 0 aliphatic carbocycles. The van der Waals surface area contributed by atoms with Crippen LogP contribution in [0.1, 0.15) is 38.3 Å². The zero-order valence-electron chi connectivity index (χ0n) is 13.8. The van der Waals surface area contributed by atoms with Gasteiger partial charge in [-0.05, 0) is 24.6 Å². The lowest BCUT2D eigenvalue weighted by atomic mass is 10.0. The summed E-state index contributed by atoms with van der Waals surface area (Å²) in [5, 5.41) is 13.6. The molecule has 0 saturated heterocycles. The smallest absolute Gasteiger partial charge is 0.395 e. The third-order valence-electron chi connectivity index (χ3n) is 4.05. The van der Waals surface area contributed by atoms with Crippen LogP contribution in [0, 0.1) is 10.1 Å². The summed E-state index contributed by atoms with van der Waals surface area (Å²) in [6.45, 7) is 4.46. The largest absolute Gasteiger partial charge is 0.433 e. The van der Waals surface area contributed by atoms with E-state index in [4.69, 9.17) is 10.2 Å². The van der Waals surface area contributed by atoms with Crippen molar-refractivity contribution < 1.29 is 18.9 Å². The van der Waals surface area contributed by atoms with E-state index in [1.165, 1.54) is 17.4 Å². The van der Waals surface area contributed by atoms with E-state index in [1.807, 2.05) is 0 Å². The number of nitrogens with zero attached hydrogens (tertiary/aromatic N) is 2. The number of hydrogen-bond donors (Lipinski definition) is 2. The maximum absolute atomic E-state index is 12.3. The van der Waals surface area contributed by atoms with Crippen LogP contribution in [0.3, 0.4) is 0 Å². The summed E-state index contributed by atoms with van der Waals surface area (Å²) in [7, 11) is 0. The SMILES string of the molecule is CCN1CCc2c(sc(NC(=O)c3ccc([N+](=O)[O-])o3)c2C(N)=O)C1.Cl. The monoisotopic (exact) mass is 400 g/mol. The summed E-state index contributed by atoms with van der Waals surface area (Å²) >= 11 is 1.30. The third kappa shape index (κ3) is 3.71. The number of carbonyl (C=O) groups excluding carboxylic acids is 2. The molecule has 11 heteroatoms. The van der Waals surface area contributed by atoms with Crippen LogP contribution in [0.4, 0.5) is 10.9 Å². The molecule has 9 nitrogen and oxygen atoms in total. The van der Waals surface area contributed by atoms with Crippen molar-refractivity contribution in [2.45, 2.75) is 19.9 Å². The van der Waals surface area contributed by atoms with Gasteiger partial charge in [0.1, 0.15) is 9.92 Å². The molecule has 0 spiro atoms. The van der Waals surface area contributed by atoms with Gasteiger partial charge in [0, 0.05) is 18.0 Å². The highest BCUT2D eigenvalue weighted by atomic mass is 35.5. The van der Waals surface area contributed by atoms with Crippen LogP contribution < -0.4 is 11.1 Å². The molecule has 2 aromatic rings. The minimum Gasteiger partial charge on any atom is -0.395 e. The normalized spacial score (nSPS) is 13.6. The number of halogens is 1. The van der Waals surface area contributed by atoms with Gasteiger partial charge >= 0.3 is 5.88 Å². The van der Waals surface area contributed by atoms with Gasteiger partial charge in [-0.15, -0.1) is 23.7 Å². The lowest BCUT2D eigenvalue weighted by Gasteiger charge is -2.25. The van der Waals surface area contributed by atoms with Crippen LogP contribution in [0.25, 0.3) is 0 Å². The first-order valence-corrected chi connectivity index (χ1v) is 8.44. The molecule has 0 fully saturated rings. The van der Waals surface area contributed by atoms with Crippen molar-refractivity contribution in [2.24, 2.45) is 5.73 Å². The Morgan fingerprint density at radius 3 is 2.77 bits per heavy atom. The summed E-state index contributed by atoms with van der Waals surface area (Å²) in [5.74, 6) is -2.00. The number of nitro groups is 1. The molecule has 140 valence electrons. The fourth-order valence-corrected chi connectivity index (χ4v) is 4.08. The maximum atomic E-state index is 12.3. The molecule has 1 aliphatic heterocycles. The average molecular weight is 401 g/mol. The van der Waals surface area contributed by atoms with Crippen LogP contribution in [-0.2, 0) is 13.0 Å². The molecule has 0 bridgehead atoms. The fourth-order valence-electron chi connectivity index (χ4n) is 2.79. The highest BCUT2D eigenvalue weighted by Gasteiger charge is 2.28. The molecular formula is C15H17ClN4O5S. The van der Waals surface area contributed by atoms with Crippen LogP contribution in [0.5, 0.6) is 0 Å². The molecule has 2 aromatic heterocycles. The van der Waals surface area contributed by atoms with Crippen LogP contribution in [0.15, 0.2) is 16.5 Å². The first-order chi connectivity index (χ1) is 11.9. The quantitative estimate of drug-likeness (QED) is 0.585. The number of likely N-dealkylation sites (N-methyl/N-ethyl adjacent to an activating group) is 1. The van der Waals surface area contributed by atoms with Crippen molar-refractivity contribution in [1.82, 2.24) is 4.90 Å². The molecule has 3 heterocycles. The summed E-state index contributed by atoms with van der Waals surface area (Å²) in [5.41, 5.74) is 6.67. The second-order valence-corrected chi connectivity index (χ2v) is 6.65. The second-order valence-electron chi connectivity index (χ2n) is 5.54. The molecule has 0 unspecified atom stereocenters. The lowest BCUT2D eigenvalue weighted by Crippen LogP contribution is -2.30. The second kappa shape index (κ2) is 7.85. The van der Waals surface area contributed by atoms with Gasteiger partial charge in [-0.25, -0.2) is 0 Å². The minimum atomic E-state index is -0.727. The number of rotatable bonds is 5. The molecule has 1 aliphatic rings. The van der Waals surface area contributed by atoms with Crippen LogP contribution in [-0.4, -0.2) is 34.7 Å². The number of fused-ring (bicyclic) bond motifs is 1. The molecular weight excluding hydrogens is 384 g/mol. The first-order valence-electron chi connectivity index (χ1n) is 7.63. The lowest BCUT2D eigenvalue weighted by molar-refractivity contribution is -0.402. The number of primary amides is 1. The Balaban J connectivity index is 0.00000243. The van der Waals surface area contributed by atoms with E-state index in [-0.39, 0.29) is 18.2 Å². The fraction of sp³-hybridized carbons (Fsp3) is 0.333. The number of hydrogen-bond acceptors (Lipinski definition) is 7. The van der Waals surface area contributed by atoms with Crippen molar-refractivity contribution in [1.29, 1.82) is 0 Å². The summed E-state index contributed by atoms with van der Waals surface area (Å²) in [6.07, 6.45) is 0.681. The van der Waals surface area contributed by atoms with Gasteiger partial charge in [0.25, 0.3) is 11.8 Å². The predicted octanol–water partition coefficient (Wildman–Crippen LogP) is 2.40. The molecule has 0 aromatic carbocycles. The number of thiophene rings is 1. The van der Waals surface area contributed by atoms with E-state index in [0.29, 0.717) is 23.5 Å². The highest BCUT2D eigenvalue weighted by molar-refractivity contribution is 7.17. The van der Waals surface area contributed by atoms with E-state index < -0.39 is 22.6 Å². The van der Waals surface area contributed by atoms with Crippen molar-refractivity contribution in [3.63, 3.8) is 0 Å². The Labute approximate surface area is 158 Å². The Morgan fingerprint density at radius 2 is 2.19 bits per heavy atom. The summed E-state index contributed by atoms with van der Waals surface area (Å²) < 4.78 is 4.89. The van der Waals surface area contributed by atoms with E-state index in [1.54, 1.807) is 0 Å². The van der Waals surface area contributed by atoms with Gasteiger partial charge in [-0.1, -0.05) is 6.92 Å². The van der Waals surface area contributed by atoms with E-state index >= 15 is 0 Å². The van der Waals surface area contributed by atoms with E-state index in [0.717, 1.165) is 29.6 Å². The van der Waals surface area contributed by atoms with Crippen LogP contribution in [0.2, 0.25) is 0 Å². The molecule has 0 saturated carbocycles. The average Bonchev–Trinajstić information content (AvgIpc) is 3.18. The van der Waals surface area contributed by atoms with Gasteiger partial charge in [0.2, 0.25) is 0 Å². The summed E-state index contributed by atoms with van der Waals surface area (Å²) in [6, 6.07) is 2.31. The predicted molar refractivity (Wildman–Crippen MR) is 98.1 cm³/mol. The maximum Gasteiger partial charge on any atom is 0.433 e. The van der Waals surface area contributed by atoms with Gasteiger partial charge in [0.15, 0.2) is 5.76 Å². The first kappa shape index (κ1) is 19.9. The number of carbonyl (C=O) groups is 2. The number of anilines is 1. The zero-order valence-corrected chi connectivity index (χ0v) is 15.4. The zero-order chi connectivity index (χ0) is 18.1. The van der Waals surface area contributed by atoms with Crippen molar-refractivity contribution >= 4 is 46.4 Å². The van der Waals surface area contributed by atoms with Gasteiger partial charge in [-0.3, -0.25) is 24.6 Å². The number of nitrogens with one attached hydrogen (secondary N) is 1. The van der Waals surface area contributed by atoms with Gasteiger partial charge < -0.3 is 15.5 Å². The number of furan rings is 1. The third-order valence-corrected chi connectivity index (χ3v) is 5.18. The van der Waals surface area contributed by atoms with Crippen LogP contribution >= 0.6 is 23.7 Å². The molecule has 2 amide bonds. The number of amides is 2. The van der Waals surface area contributed by atoms with Crippen molar-refractivity contribution in [2.75, 3.05) is 18.4 Å². The van der Waals surface area contributed by atoms with Gasteiger partial charge in [-0.2, -0.15) is 0 Å². The molecule has 3 rings (SSSR count). The Morgan fingerprint density at radius 1 is 1.46 bits per heavy atom. The molecule has 3 N–H and O–H groups in total. The molecule has 0 atom stereocenters. The number of nitrogens with two attached hydrogens (primary N) is 1. The van der Waals surface area contributed by atoms with Gasteiger partial charge in [0.05, 0.1) is 11.6 Å². The minimum absolute atomic E-state index is 0. The molecule has 0 radical (unpaired) electrons. The topological polar surface area (TPSA) is 132 Å². The summed E-state index contributed by atoms with van der Waals surface area (Å²) in [4.78, 5) is 37.3. The Kier molecular flexibility index (Phi) is 6.01. The Bertz CT molecular complexity index is 862. The van der Waals surface area contributed by atoms with Crippen molar-refractivity contribution in [3.05, 3.63) is 44.0 Å². The molecule has 26 heavy (non-hydrogen) atoms. The highest BCUT2D eigenvalue weighted by Crippen LogP contribution is 2.37. The Hall–Kier alpha value is -2.43. The standard InChI is InChI=1S/C15H16N4O5S.ClH/c1-2-18-6-5-8-10(7-18)25-15(12(8)13(16)20)17-14(21)9-3-4-11(24-9)19(22)23;/h3-4H,2,5-7H2,1H3,(H2,16,20)(H,17,21);1H. The van der Waals surface area contributed by atoms with Crippen molar-refractivity contribution in [3.8, 4) is 0 Å². The van der Waals surface area contributed by atoms with E-state index in [9.17, 15) is 19.7 Å².